The fraction of sp³-hybridized carbons (Fsp3) is 0.368. The highest BCUT2D eigenvalue weighted by Crippen LogP contribution is 2.32. The van der Waals surface area contributed by atoms with E-state index in [0.717, 1.165) is 38.2 Å². The molecule has 118 valence electrons. The third kappa shape index (κ3) is 2.99. The van der Waals surface area contributed by atoms with Gasteiger partial charge in [-0.1, -0.05) is 6.08 Å². The van der Waals surface area contributed by atoms with Crippen LogP contribution in [-0.2, 0) is 6.42 Å². The topological polar surface area (TPSA) is 49.8 Å². The number of aromatic nitrogens is 2. The van der Waals surface area contributed by atoms with Gasteiger partial charge in [0, 0.05) is 31.1 Å². The number of piperidine rings is 1. The van der Waals surface area contributed by atoms with Crippen LogP contribution in [0.1, 0.15) is 35.1 Å². The van der Waals surface area contributed by atoms with E-state index < -0.39 is 0 Å². The van der Waals surface area contributed by atoms with E-state index in [-0.39, 0.29) is 0 Å². The molecule has 1 aliphatic carbocycles. The first-order chi connectivity index (χ1) is 11.3. The van der Waals surface area contributed by atoms with Crippen LogP contribution in [0, 0.1) is 6.92 Å². The van der Waals surface area contributed by atoms with E-state index in [9.17, 15) is 0 Å². The summed E-state index contributed by atoms with van der Waals surface area (Å²) in [5, 5.41) is 6.97. The van der Waals surface area contributed by atoms with Gasteiger partial charge < -0.3 is 10.6 Å². The number of anilines is 1. The van der Waals surface area contributed by atoms with Crippen molar-refractivity contribution in [3.8, 4) is 0 Å². The second-order valence-corrected chi connectivity index (χ2v) is 6.47. The molecule has 4 rings (SSSR count). The summed E-state index contributed by atoms with van der Waals surface area (Å²) < 4.78 is 0. The molecule has 1 fully saturated rings. The lowest BCUT2D eigenvalue weighted by atomic mass is 10.0. The SMILES string of the molecule is Cc1cc(NC2CCNCC2)ncc1C1=Cc2ccncc2C1. The minimum absolute atomic E-state index is 0.537. The largest absolute Gasteiger partial charge is 0.367 e. The van der Waals surface area contributed by atoms with Crippen molar-refractivity contribution in [3.63, 3.8) is 0 Å². The van der Waals surface area contributed by atoms with Crippen LogP contribution in [0.15, 0.2) is 30.7 Å². The molecule has 0 bridgehead atoms. The first-order valence-corrected chi connectivity index (χ1v) is 8.37. The van der Waals surface area contributed by atoms with Crippen molar-refractivity contribution in [3.05, 3.63) is 53.0 Å². The molecule has 1 saturated heterocycles. The van der Waals surface area contributed by atoms with Crippen molar-refractivity contribution < 1.29 is 0 Å². The maximum atomic E-state index is 4.65. The summed E-state index contributed by atoms with van der Waals surface area (Å²) in [6.07, 6.45) is 11.4. The number of hydrogen-bond donors (Lipinski definition) is 2. The van der Waals surface area contributed by atoms with Crippen molar-refractivity contribution >= 4 is 17.5 Å². The molecule has 0 amide bonds. The van der Waals surface area contributed by atoms with Crippen molar-refractivity contribution in [2.24, 2.45) is 0 Å². The molecule has 4 nitrogen and oxygen atoms in total. The van der Waals surface area contributed by atoms with Gasteiger partial charge >= 0.3 is 0 Å². The average molecular weight is 306 g/mol. The second kappa shape index (κ2) is 6.13. The van der Waals surface area contributed by atoms with E-state index in [1.54, 1.807) is 0 Å². The molecule has 2 aliphatic rings. The van der Waals surface area contributed by atoms with E-state index in [4.69, 9.17) is 0 Å². The third-order valence-corrected chi connectivity index (χ3v) is 4.80. The summed E-state index contributed by atoms with van der Waals surface area (Å²) in [6.45, 7) is 4.36. The number of fused-ring (bicyclic) bond motifs is 1. The Kier molecular flexibility index (Phi) is 3.83. The molecule has 0 aromatic carbocycles. The lowest BCUT2D eigenvalue weighted by Gasteiger charge is -2.24. The van der Waals surface area contributed by atoms with Crippen LogP contribution in [0.5, 0.6) is 0 Å². The summed E-state index contributed by atoms with van der Waals surface area (Å²) in [5.41, 5.74) is 6.46. The lowest BCUT2D eigenvalue weighted by Crippen LogP contribution is -2.35. The highest BCUT2D eigenvalue weighted by Gasteiger charge is 2.17. The Morgan fingerprint density at radius 2 is 2.09 bits per heavy atom. The molecule has 2 aromatic rings. The zero-order valence-electron chi connectivity index (χ0n) is 13.5. The van der Waals surface area contributed by atoms with Crippen LogP contribution >= 0.6 is 0 Å². The molecule has 23 heavy (non-hydrogen) atoms. The normalized spacial score (nSPS) is 17.7. The molecule has 0 unspecified atom stereocenters. The number of nitrogens with zero attached hydrogens (tertiary/aromatic N) is 2. The number of aryl methyl sites for hydroxylation is 1. The van der Waals surface area contributed by atoms with E-state index in [1.807, 2.05) is 18.6 Å². The fourth-order valence-corrected chi connectivity index (χ4v) is 3.49. The molecule has 2 aromatic heterocycles. The zero-order chi connectivity index (χ0) is 15.6. The third-order valence-electron chi connectivity index (χ3n) is 4.80. The van der Waals surface area contributed by atoms with Gasteiger partial charge in [-0.25, -0.2) is 4.98 Å². The maximum absolute atomic E-state index is 4.65. The van der Waals surface area contributed by atoms with Gasteiger partial charge in [0.15, 0.2) is 0 Å². The molecule has 2 N–H and O–H groups in total. The number of allylic oxidation sites excluding steroid dienone is 1. The Morgan fingerprint density at radius 3 is 2.87 bits per heavy atom. The molecule has 0 spiro atoms. The quantitative estimate of drug-likeness (QED) is 0.915. The summed E-state index contributed by atoms with van der Waals surface area (Å²) in [7, 11) is 0. The first-order valence-electron chi connectivity index (χ1n) is 8.37. The van der Waals surface area contributed by atoms with Crippen molar-refractivity contribution in [2.75, 3.05) is 18.4 Å². The summed E-state index contributed by atoms with van der Waals surface area (Å²) >= 11 is 0. The van der Waals surface area contributed by atoms with Gasteiger partial charge in [0.1, 0.15) is 5.82 Å². The molecule has 4 heteroatoms. The number of hydrogen-bond acceptors (Lipinski definition) is 4. The van der Waals surface area contributed by atoms with Gasteiger partial charge in [-0.2, -0.15) is 0 Å². The van der Waals surface area contributed by atoms with Gasteiger partial charge in [-0.05, 0) is 72.8 Å². The lowest BCUT2D eigenvalue weighted by molar-refractivity contribution is 0.478. The van der Waals surface area contributed by atoms with Gasteiger partial charge in [-0.15, -0.1) is 0 Å². The molecular weight excluding hydrogens is 284 g/mol. The van der Waals surface area contributed by atoms with Crippen LogP contribution in [0.3, 0.4) is 0 Å². The van der Waals surface area contributed by atoms with Crippen molar-refractivity contribution in [1.29, 1.82) is 0 Å². The van der Waals surface area contributed by atoms with Gasteiger partial charge in [0.05, 0.1) is 0 Å². The van der Waals surface area contributed by atoms with Crippen LogP contribution in [-0.4, -0.2) is 29.1 Å². The molecule has 3 heterocycles. The monoisotopic (exact) mass is 306 g/mol. The minimum Gasteiger partial charge on any atom is -0.367 e. The van der Waals surface area contributed by atoms with Crippen molar-refractivity contribution in [2.45, 2.75) is 32.2 Å². The molecule has 1 aliphatic heterocycles. The summed E-state index contributed by atoms with van der Waals surface area (Å²) in [5.74, 6) is 0.996. The Bertz CT molecular complexity index is 745. The van der Waals surface area contributed by atoms with Crippen LogP contribution < -0.4 is 10.6 Å². The Labute approximate surface area is 137 Å². The molecular formula is C19H22N4. The van der Waals surface area contributed by atoms with E-state index >= 15 is 0 Å². The number of nitrogens with one attached hydrogen (secondary N) is 2. The van der Waals surface area contributed by atoms with E-state index in [1.165, 1.54) is 27.8 Å². The highest BCUT2D eigenvalue weighted by molar-refractivity contribution is 5.89. The average Bonchev–Trinajstić information content (AvgIpc) is 2.99. The fourth-order valence-electron chi connectivity index (χ4n) is 3.49. The number of pyridine rings is 2. The zero-order valence-corrected chi connectivity index (χ0v) is 13.5. The highest BCUT2D eigenvalue weighted by atomic mass is 15.0. The summed E-state index contributed by atoms with van der Waals surface area (Å²) in [4.78, 5) is 8.87. The van der Waals surface area contributed by atoms with Crippen LogP contribution in [0.2, 0.25) is 0 Å². The van der Waals surface area contributed by atoms with Crippen molar-refractivity contribution in [1.82, 2.24) is 15.3 Å². The smallest absolute Gasteiger partial charge is 0.126 e. The van der Waals surface area contributed by atoms with Crippen LogP contribution in [0.4, 0.5) is 5.82 Å². The Morgan fingerprint density at radius 1 is 1.22 bits per heavy atom. The predicted molar refractivity (Wildman–Crippen MR) is 94.3 cm³/mol. The molecule has 0 radical (unpaired) electrons. The standard InChI is InChI=1S/C19H22N4/c1-13-8-19(23-17-3-6-20-7-4-17)22-12-18(13)15-9-14-2-5-21-11-16(14)10-15/h2,5,8-9,11-12,17,20H,3-4,6-7,10H2,1H3,(H,22,23). The molecule has 0 atom stereocenters. The molecule has 0 saturated carbocycles. The van der Waals surface area contributed by atoms with Gasteiger partial charge in [0.25, 0.3) is 0 Å². The number of rotatable bonds is 3. The van der Waals surface area contributed by atoms with E-state index in [0.29, 0.717) is 6.04 Å². The minimum atomic E-state index is 0.537. The summed E-state index contributed by atoms with van der Waals surface area (Å²) in [6, 6.07) is 4.80. The van der Waals surface area contributed by atoms with Gasteiger partial charge in [-0.3, -0.25) is 4.98 Å². The maximum Gasteiger partial charge on any atom is 0.126 e. The van der Waals surface area contributed by atoms with Crippen LogP contribution in [0.25, 0.3) is 11.6 Å². The Hall–Kier alpha value is -2.20. The predicted octanol–water partition coefficient (Wildman–Crippen LogP) is 3.05. The van der Waals surface area contributed by atoms with E-state index in [2.05, 4.69) is 45.7 Å². The Balaban J connectivity index is 1.53. The second-order valence-electron chi connectivity index (χ2n) is 6.47. The van der Waals surface area contributed by atoms with Gasteiger partial charge in [0.2, 0.25) is 0 Å². The first kappa shape index (κ1) is 14.4.